The summed E-state index contributed by atoms with van der Waals surface area (Å²) in [5.41, 5.74) is 0.706. The second-order valence-electron chi connectivity index (χ2n) is 7.08. The Bertz CT molecular complexity index is 777. The van der Waals surface area contributed by atoms with E-state index in [-0.39, 0.29) is 12.5 Å². The maximum Gasteiger partial charge on any atom is 0.260 e. The fourth-order valence-electron chi connectivity index (χ4n) is 4.39. The molecule has 4 rings (SSSR count). The summed E-state index contributed by atoms with van der Waals surface area (Å²) in [7, 11) is 0. The average Bonchev–Trinajstić information content (AvgIpc) is 2.67. The number of fused-ring (bicyclic) bond motifs is 2. The van der Waals surface area contributed by atoms with Crippen molar-refractivity contribution in [3.05, 3.63) is 35.5 Å². The summed E-state index contributed by atoms with van der Waals surface area (Å²) in [6.45, 7) is 0.930. The van der Waals surface area contributed by atoms with Crippen molar-refractivity contribution in [1.82, 2.24) is 9.88 Å². The predicted octanol–water partition coefficient (Wildman–Crippen LogP) is 4.45. The van der Waals surface area contributed by atoms with Crippen LogP contribution in [0.25, 0.3) is 10.9 Å². The standard InChI is InChI=1S/C20H23ClN2O2/c21-16-9-10-18(20-15(16)7-3-11-22-20)25-13-19(24)23-12-4-6-14-5-1-2-8-17(14)23/h3,7,9-11,14,17H,1-2,4-6,8,12-13H2/t14-,17+/m0/s1. The molecule has 2 aromatic rings. The first-order valence-electron chi connectivity index (χ1n) is 9.19. The molecule has 132 valence electrons. The van der Waals surface area contributed by atoms with Gasteiger partial charge in [0.1, 0.15) is 11.3 Å². The number of halogens is 1. The number of likely N-dealkylation sites (tertiary alicyclic amines) is 1. The lowest BCUT2D eigenvalue weighted by Gasteiger charge is -2.44. The van der Waals surface area contributed by atoms with Gasteiger partial charge in [-0.15, -0.1) is 0 Å². The minimum absolute atomic E-state index is 0.0660. The molecule has 1 aliphatic heterocycles. The van der Waals surface area contributed by atoms with E-state index in [1.54, 1.807) is 18.3 Å². The molecule has 4 nitrogen and oxygen atoms in total. The summed E-state index contributed by atoms with van der Waals surface area (Å²) in [4.78, 5) is 19.2. The molecule has 2 atom stereocenters. The van der Waals surface area contributed by atoms with E-state index in [0.29, 0.717) is 28.2 Å². The lowest BCUT2D eigenvalue weighted by Crippen LogP contribution is -2.51. The molecule has 5 heteroatoms. The van der Waals surface area contributed by atoms with E-state index in [1.807, 2.05) is 12.1 Å². The average molecular weight is 359 g/mol. The number of pyridine rings is 1. The maximum atomic E-state index is 12.8. The monoisotopic (exact) mass is 358 g/mol. The van der Waals surface area contributed by atoms with Crippen molar-refractivity contribution >= 4 is 28.4 Å². The van der Waals surface area contributed by atoms with E-state index in [1.165, 1.54) is 25.7 Å². The number of carbonyl (C=O) groups excluding carboxylic acids is 1. The van der Waals surface area contributed by atoms with Crippen LogP contribution in [0.2, 0.25) is 5.02 Å². The van der Waals surface area contributed by atoms with Gasteiger partial charge in [0.2, 0.25) is 0 Å². The molecular weight excluding hydrogens is 336 g/mol. The van der Waals surface area contributed by atoms with Gasteiger partial charge in [-0.1, -0.05) is 24.4 Å². The van der Waals surface area contributed by atoms with Gasteiger partial charge in [-0.05, 0) is 55.9 Å². The second kappa shape index (κ2) is 7.20. The zero-order valence-electron chi connectivity index (χ0n) is 14.3. The van der Waals surface area contributed by atoms with Crippen LogP contribution in [-0.4, -0.2) is 35.0 Å². The Kier molecular flexibility index (Phi) is 4.80. The second-order valence-corrected chi connectivity index (χ2v) is 7.48. The number of nitrogens with zero attached hydrogens (tertiary/aromatic N) is 2. The van der Waals surface area contributed by atoms with Crippen LogP contribution in [0.4, 0.5) is 0 Å². The van der Waals surface area contributed by atoms with Crippen LogP contribution in [0.3, 0.4) is 0 Å². The largest absolute Gasteiger partial charge is 0.481 e. The fraction of sp³-hybridized carbons (Fsp3) is 0.500. The number of hydrogen-bond acceptors (Lipinski definition) is 3. The van der Waals surface area contributed by atoms with Gasteiger partial charge in [0.15, 0.2) is 6.61 Å². The fourth-order valence-corrected chi connectivity index (χ4v) is 4.60. The highest BCUT2D eigenvalue weighted by molar-refractivity contribution is 6.35. The van der Waals surface area contributed by atoms with Crippen molar-refractivity contribution in [1.29, 1.82) is 0 Å². The summed E-state index contributed by atoms with van der Waals surface area (Å²) >= 11 is 6.22. The van der Waals surface area contributed by atoms with Crippen LogP contribution in [0.15, 0.2) is 30.5 Å². The van der Waals surface area contributed by atoms with Crippen molar-refractivity contribution in [2.24, 2.45) is 5.92 Å². The summed E-state index contributed by atoms with van der Waals surface area (Å²) in [6.07, 6.45) is 9.03. The summed E-state index contributed by atoms with van der Waals surface area (Å²) in [6, 6.07) is 7.77. The van der Waals surface area contributed by atoms with Crippen molar-refractivity contribution in [3.63, 3.8) is 0 Å². The van der Waals surface area contributed by atoms with Crippen LogP contribution < -0.4 is 4.74 Å². The molecule has 1 saturated carbocycles. The Morgan fingerprint density at radius 2 is 2.04 bits per heavy atom. The highest BCUT2D eigenvalue weighted by atomic mass is 35.5. The Balaban J connectivity index is 1.48. The Labute approximate surface area is 153 Å². The Morgan fingerprint density at radius 1 is 1.20 bits per heavy atom. The summed E-state index contributed by atoms with van der Waals surface area (Å²) < 4.78 is 5.86. The number of hydrogen-bond donors (Lipinski definition) is 0. The maximum absolute atomic E-state index is 12.8. The molecule has 2 heterocycles. The van der Waals surface area contributed by atoms with Crippen molar-refractivity contribution in [2.45, 2.75) is 44.6 Å². The van der Waals surface area contributed by atoms with Crippen LogP contribution in [0.1, 0.15) is 38.5 Å². The molecule has 1 saturated heterocycles. The topological polar surface area (TPSA) is 42.4 Å². The smallest absolute Gasteiger partial charge is 0.260 e. The summed E-state index contributed by atoms with van der Waals surface area (Å²) in [5.74, 6) is 1.39. The lowest BCUT2D eigenvalue weighted by molar-refractivity contribution is -0.139. The van der Waals surface area contributed by atoms with Gasteiger partial charge in [0.05, 0.1) is 5.02 Å². The Morgan fingerprint density at radius 3 is 2.96 bits per heavy atom. The van der Waals surface area contributed by atoms with Crippen LogP contribution >= 0.6 is 11.6 Å². The van der Waals surface area contributed by atoms with E-state index in [9.17, 15) is 4.79 Å². The molecule has 2 fully saturated rings. The van der Waals surface area contributed by atoms with Crippen LogP contribution in [0, 0.1) is 5.92 Å². The van der Waals surface area contributed by atoms with Gasteiger partial charge in [-0.25, -0.2) is 0 Å². The highest BCUT2D eigenvalue weighted by Gasteiger charge is 2.35. The van der Waals surface area contributed by atoms with E-state index >= 15 is 0 Å². The zero-order valence-corrected chi connectivity index (χ0v) is 15.0. The number of benzene rings is 1. The molecule has 1 amide bonds. The third kappa shape index (κ3) is 3.32. The number of carbonyl (C=O) groups is 1. The quantitative estimate of drug-likeness (QED) is 0.814. The third-order valence-corrected chi connectivity index (χ3v) is 5.92. The van der Waals surface area contributed by atoms with E-state index in [0.717, 1.165) is 24.8 Å². The number of aromatic nitrogens is 1. The molecular formula is C20H23ClN2O2. The van der Waals surface area contributed by atoms with Gasteiger partial charge in [0, 0.05) is 24.2 Å². The molecule has 0 bridgehead atoms. The van der Waals surface area contributed by atoms with Gasteiger partial charge >= 0.3 is 0 Å². The minimum atomic E-state index is 0.0660. The number of rotatable bonds is 3. The van der Waals surface area contributed by atoms with E-state index < -0.39 is 0 Å². The van der Waals surface area contributed by atoms with Crippen molar-refractivity contribution in [2.75, 3.05) is 13.2 Å². The van der Waals surface area contributed by atoms with Gasteiger partial charge in [0.25, 0.3) is 5.91 Å². The van der Waals surface area contributed by atoms with Gasteiger partial charge in [-0.2, -0.15) is 0 Å². The molecule has 0 N–H and O–H groups in total. The highest BCUT2D eigenvalue weighted by Crippen LogP contribution is 2.35. The molecule has 0 radical (unpaired) electrons. The molecule has 1 aromatic heterocycles. The number of ether oxygens (including phenoxy) is 1. The van der Waals surface area contributed by atoms with Crippen LogP contribution in [-0.2, 0) is 4.79 Å². The molecule has 1 aliphatic carbocycles. The molecule has 0 spiro atoms. The Hall–Kier alpha value is -1.81. The molecule has 0 unspecified atom stereocenters. The molecule has 2 aliphatic rings. The van der Waals surface area contributed by atoms with Gasteiger partial charge < -0.3 is 9.64 Å². The molecule has 1 aromatic carbocycles. The number of piperidine rings is 1. The third-order valence-electron chi connectivity index (χ3n) is 5.59. The zero-order chi connectivity index (χ0) is 17.2. The van der Waals surface area contributed by atoms with Crippen molar-refractivity contribution in [3.8, 4) is 5.75 Å². The first-order chi connectivity index (χ1) is 12.2. The molecule has 25 heavy (non-hydrogen) atoms. The first kappa shape index (κ1) is 16.6. The predicted molar refractivity (Wildman–Crippen MR) is 98.9 cm³/mol. The SMILES string of the molecule is O=C(COc1ccc(Cl)c2cccnc12)N1CCC[C@@H]2CCCC[C@H]21. The minimum Gasteiger partial charge on any atom is -0.481 e. The number of amides is 1. The summed E-state index contributed by atoms with van der Waals surface area (Å²) in [5, 5.41) is 1.49. The lowest BCUT2D eigenvalue weighted by atomic mass is 9.78. The van der Waals surface area contributed by atoms with Crippen molar-refractivity contribution < 1.29 is 9.53 Å². The first-order valence-corrected chi connectivity index (χ1v) is 9.57. The van der Waals surface area contributed by atoms with E-state index in [4.69, 9.17) is 16.3 Å². The normalized spacial score (nSPS) is 23.3. The van der Waals surface area contributed by atoms with Crippen LogP contribution in [0.5, 0.6) is 5.75 Å². The van der Waals surface area contributed by atoms with E-state index in [2.05, 4.69) is 9.88 Å². The van der Waals surface area contributed by atoms with Gasteiger partial charge in [-0.3, -0.25) is 9.78 Å².